The van der Waals surface area contributed by atoms with Gasteiger partial charge in [-0.2, -0.15) is 0 Å². The first-order chi connectivity index (χ1) is 5.50. The Balaban J connectivity index is 2.66. The zero-order valence-electron chi connectivity index (χ0n) is 6.77. The molecule has 0 radical (unpaired) electrons. The molecule has 2 N–H and O–H groups in total. The zero-order valence-corrected chi connectivity index (χ0v) is 6.77. The fourth-order valence-corrected chi connectivity index (χ4v) is 1.13. The van der Waals surface area contributed by atoms with Gasteiger partial charge in [-0.1, -0.05) is 0 Å². The van der Waals surface area contributed by atoms with Crippen LogP contribution in [0.15, 0.2) is 0 Å². The molecular formula is C7H11F2NO2. The summed E-state index contributed by atoms with van der Waals surface area (Å²) in [5.41, 5.74) is 3.38. The zero-order chi connectivity index (χ0) is 9.41. The number of rotatable bonds is 3. The fraction of sp³-hybridized carbons (Fsp3) is 0.857. The molecule has 70 valence electrons. The summed E-state index contributed by atoms with van der Waals surface area (Å²) >= 11 is 0. The van der Waals surface area contributed by atoms with Crippen molar-refractivity contribution in [2.75, 3.05) is 13.2 Å². The summed E-state index contributed by atoms with van der Waals surface area (Å²) in [5, 5.41) is 0. The van der Waals surface area contributed by atoms with Gasteiger partial charge >= 0.3 is 5.97 Å². The monoisotopic (exact) mass is 179 g/mol. The third-order valence-electron chi connectivity index (χ3n) is 2.11. The van der Waals surface area contributed by atoms with Gasteiger partial charge in [0, 0.05) is 13.0 Å². The van der Waals surface area contributed by atoms with Gasteiger partial charge < -0.3 is 10.5 Å². The summed E-state index contributed by atoms with van der Waals surface area (Å²) in [6.45, 7) is 1.33. The first-order valence-corrected chi connectivity index (χ1v) is 3.75. The summed E-state index contributed by atoms with van der Waals surface area (Å²) < 4.78 is 29.8. The molecule has 1 rings (SSSR count). The van der Waals surface area contributed by atoms with Gasteiger partial charge in [0.2, 0.25) is 0 Å². The number of esters is 1. The van der Waals surface area contributed by atoms with Crippen LogP contribution in [0.2, 0.25) is 0 Å². The molecule has 1 fully saturated rings. The number of hydrogen-bond acceptors (Lipinski definition) is 3. The van der Waals surface area contributed by atoms with Crippen molar-refractivity contribution in [1.29, 1.82) is 0 Å². The summed E-state index contributed by atoms with van der Waals surface area (Å²) in [5.74, 6) is -3.84. The molecule has 0 bridgehead atoms. The molecule has 1 aliphatic carbocycles. The fourth-order valence-electron chi connectivity index (χ4n) is 1.13. The van der Waals surface area contributed by atoms with Crippen LogP contribution in [0.4, 0.5) is 8.78 Å². The Hall–Kier alpha value is -0.710. The van der Waals surface area contributed by atoms with Crippen molar-refractivity contribution in [3.8, 4) is 0 Å². The van der Waals surface area contributed by atoms with Gasteiger partial charge in [0.15, 0.2) is 0 Å². The van der Waals surface area contributed by atoms with Gasteiger partial charge in [0.25, 0.3) is 5.92 Å². The van der Waals surface area contributed by atoms with E-state index in [-0.39, 0.29) is 13.2 Å². The topological polar surface area (TPSA) is 52.3 Å². The third kappa shape index (κ3) is 1.08. The lowest BCUT2D eigenvalue weighted by atomic mass is 10.1. The Labute approximate surface area is 68.9 Å². The van der Waals surface area contributed by atoms with Crippen LogP contribution < -0.4 is 5.73 Å². The largest absolute Gasteiger partial charge is 0.465 e. The van der Waals surface area contributed by atoms with E-state index in [0.29, 0.717) is 0 Å². The van der Waals surface area contributed by atoms with E-state index in [1.54, 1.807) is 6.92 Å². The quantitative estimate of drug-likeness (QED) is 0.643. The number of halogens is 2. The molecule has 1 atom stereocenters. The van der Waals surface area contributed by atoms with Crippen LogP contribution >= 0.6 is 0 Å². The predicted molar refractivity (Wildman–Crippen MR) is 37.7 cm³/mol. The SMILES string of the molecule is CCOC(=O)C1(CN)CC1(F)F. The number of hydrogen-bond donors (Lipinski definition) is 1. The van der Waals surface area contributed by atoms with Crippen LogP contribution in [0, 0.1) is 5.41 Å². The summed E-state index contributed by atoms with van der Waals surface area (Å²) in [6.07, 6.45) is -0.477. The molecule has 0 aliphatic heterocycles. The number of nitrogens with two attached hydrogens (primary N) is 1. The van der Waals surface area contributed by atoms with Crippen molar-refractivity contribution in [3.05, 3.63) is 0 Å². The second-order valence-corrected chi connectivity index (χ2v) is 2.89. The van der Waals surface area contributed by atoms with Crippen LogP contribution in [0.25, 0.3) is 0 Å². The highest BCUT2D eigenvalue weighted by molar-refractivity contribution is 5.82. The van der Waals surface area contributed by atoms with Crippen molar-refractivity contribution in [1.82, 2.24) is 0 Å². The maximum absolute atomic E-state index is 12.6. The van der Waals surface area contributed by atoms with E-state index in [9.17, 15) is 13.6 Å². The predicted octanol–water partition coefficient (Wildman–Crippen LogP) is 0.534. The normalized spacial score (nSPS) is 31.3. The Morgan fingerprint density at radius 1 is 1.67 bits per heavy atom. The smallest absolute Gasteiger partial charge is 0.319 e. The Bertz CT molecular complexity index is 208. The second kappa shape index (κ2) is 2.65. The lowest BCUT2D eigenvalue weighted by Gasteiger charge is -2.11. The highest BCUT2D eigenvalue weighted by Crippen LogP contribution is 2.60. The summed E-state index contributed by atoms with van der Waals surface area (Å²) in [4.78, 5) is 11.0. The molecule has 1 unspecified atom stereocenters. The minimum Gasteiger partial charge on any atom is -0.465 e. The molecule has 0 amide bonds. The van der Waals surface area contributed by atoms with Crippen molar-refractivity contribution in [2.24, 2.45) is 11.1 Å². The number of ether oxygens (including phenoxy) is 1. The molecule has 0 aromatic heterocycles. The lowest BCUT2D eigenvalue weighted by Crippen LogP contribution is -2.32. The van der Waals surface area contributed by atoms with Crippen LogP contribution in [0.3, 0.4) is 0 Å². The van der Waals surface area contributed by atoms with E-state index < -0.39 is 23.7 Å². The van der Waals surface area contributed by atoms with E-state index in [2.05, 4.69) is 4.74 Å². The van der Waals surface area contributed by atoms with Crippen LogP contribution in [0.1, 0.15) is 13.3 Å². The minimum absolute atomic E-state index is 0.108. The second-order valence-electron chi connectivity index (χ2n) is 2.89. The van der Waals surface area contributed by atoms with Gasteiger partial charge in [0.05, 0.1) is 6.61 Å². The average molecular weight is 179 g/mol. The molecule has 0 aromatic carbocycles. The van der Waals surface area contributed by atoms with Crippen molar-refractivity contribution >= 4 is 5.97 Å². The first-order valence-electron chi connectivity index (χ1n) is 3.75. The lowest BCUT2D eigenvalue weighted by molar-refractivity contribution is -0.153. The van der Waals surface area contributed by atoms with E-state index in [4.69, 9.17) is 5.73 Å². The van der Waals surface area contributed by atoms with Crippen LogP contribution in [-0.4, -0.2) is 25.0 Å². The number of alkyl halides is 2. The molecule has 3 nitrogen and oxygen atoms in total. The van der Waals surface area contributed by atoms with Crippen LogP contribution in [-0.2, 0) is 9.53 Å². The Kier molecular flexibility index (Phi) is 2.07. The minimum atomic E-state index is -2.96. The standard InChI is InChI=1S/C7H11F2NO2/c1-2-12-5(11)6(4-10)3-7(6,8)9/h2-4,10H2,1H3. The summed E-state index contributed by atoms with van der Waals surface area (Å²) in [6, 6.07) is 0. The molecule has 0 saturated heterocycles. The average Bonchev–Trinajstić information content (AvgIpc) is 2.55. The van der Waals surface area contributed by atoms with Gasteiger partial charge in [-0.3, -0.25) is 4.79 Å². The molecule has 0 heterocycles. The highest BCUT2D eigenvalue weighted by Gasteiger charge is 2.76. The van der Waals surface area contributed by atoms with Gasteiger partial charge in [0.1, 0.15) is 5.41 Å². The number of carbonyl (C=O) groups excluding carboxylic acids is 1. The molecule has 12 heavy (non-hydrogen) atoms. The van der Waals surface area contributed by atoms with E-state index in [0.717, 1.165) is 0 Å². The maximum Gasteiger partial charge on any atom is 0.319 e. The van der Waals surface area contributed by atoms with Crippen LogP contribution in [0.5, 0.6) is 0 Å². The van der Waals surface area contributed by atoms with Gasteiger partial charge in [-0.25, -0.2) is 8.78 Å². The van der Waals surface area contributed by atoms with E-state index >= 15 is 0 Å². The summed E-state index contributed by atoms with van der Waals surface area (Å²) in [7, 11) is 0. The third-order valence-corrected chi connectivity index (χ3v) is 2.11. The molecule has 0 spiro atoms. The van der Waals surface area contributed by atoms with E-state index in [1.165, 1.54) is 0 Å². The molecule has 5 heteroatoms. The molecular weight excluding hydrogens is 168 g/mol. The Morgan fingerprint density at radius 3 is 2.42 bits per heavy atom. The Morgan fingerprint density at radius 2 is 2.17 bits per heavy atom. The molecule has 0 aromatic rings. The van der Waals surface area contributed by atoms with Gasteiger partial charge in [-0.05, 0) is 6.92 Å². The molecule has 1 saturated carbocycles. The van der Waals surface area contributed by atoms with Crippen molar-refractivity contribution in [2.45, 2.75) is 19.3 Å². The molecule has 1 aliphatic rings. The highest BCUT2D eigenvalue weighted by atomic mass is 19.3. The maximum atomic E-state index is 12.6. The van der Waals surface area contributed by atoms with Crippen molar-refractivity contribution < 1.29 is 18.3 Å². The van der Waals surface area contributed by atoms with Crippen molar-refractivity contribution in [3.63, 3.8) is 0 Å². The van der Waals surface area contributed by atoms with E-state index in [1.807, 2.05) is 0 Å². The van der Waals surface area contributed by atoms with Gasteiger partial charge in [-0.15, -0.1) is 0 Å². The number of carbonyl (C=O) groups is 1. The first kappa shape index (κ1) is 9.38.